The predicted octanol–water partition coefficient (Wildman–Crippen LogP) is 3.59. The van der Waals surface area contributed by atoms with Crippen LogP contribution in [-0.4, -0.2) is 7.11 Å². The fraction of sp³-hybridized carbons (Fsp3) is 0.143. The highest BCUT2D eigenvalue weighted by Gasteiger charge is 2.03. The van der Waals surface area contributed by atoms with Crippen molar-refractivity contribution in [3.63, 3.8) is 0 Å². The van der Waals surface area contributed by atoms with Gasteiger partial charge in [0.1, 0.15) is 5.82 Å². The molecule has 0 aliphatic carbocycles. The zero-order valence-electron chi connectivity index (χ0n) is 9.91. The Bertz CT molecular complexity index is 526. The lowest BCUT2D eigenvalue weighted by Gasteiger charge is -2.08. The zero-order valence-corrected chi connectivity index (χ0v) is 9.91. The van der Waals surface area contributed by atoms with Gasteiger partial charge in [-0.1, -0.05) is 6.07 Å². The van der Waals surface area contributed by atoms with Crippen molar-refractivity contribution in [2.75, 3.05) is 12.4 Å². The van der Waals surface area contributed by atoms with Crippen LogP contribution in [-0.2, 0) is 6.54 Å². The number of nitrogens with one attached hydrogen (secondary N) is 1. The van der Waals surface area contributed by atoms with Gasteiger partial charge in [-0.2, -0.15) is 0 Å². The number of anilines is 1. The molecule has 94 valence electrons. The molecule has 0 amide bonds. The molecule has 0 fully saturated rings. The first-order valence-corrected chi connectivity index (χ1v) is 5.51. The molecule has 2 nitrogen and oxygen atoms in total. The van der Waals surface area contributed by atoms with E-state index in [1.165, 1.54) is 25.3 Å². The molecule has 0 bridgehead atoms. The monoisotopic (exact) mass is 249 g/mol. The van der Waals surface area contributed by atoms with Gasteiger partial charge in [0.25, 0.3) is 0 Å². The van der Waals surface area contributed by atoms with Crippen molar-refractivity contribution in [2.24, 2.45) is 0 Å². The first kappa shape index (κ1) is 12.4. The molecule has 0 aliphatic rings. The van der Waals surface area contributed by atoms with E-state index in [-0.39, 0.29) is 11.6 Å². The van der Waals surface area contributed by atoms with Crippen molar-refractivity contribution in [2.45, 2.75) is 6.54 Å². The van der Waals surface area contributed by atoms with E-state index in [4.69, 9.17) is 4.74 Å². The lowest BCUT2D eigenvalue weighted by Crippen LogP contribution is -2.00. The van der Waals surface area contributed by atoms with Crippen molar-refractivity contribution in [3.8, 4) is 5.75 Å². The highest BCUT2D eigenvalue weighted by Crippen LogP contribution is 2.18. The molecule has 0 spiro atoms. The van der Waals surface area contributed by atoms with Gasteiger partial charge in [-0.25, -0.2) is 8.78 Å². The quantitative estimate of drug-likeness (QED) is 0.894. The molecule has 2 rings (SSSR count). The summed E-state index contributed by atoms with van der Waals surface area (Å²) in [7, 11) is 1.43. The molecule has 0 atom stereocenters. The van der Waals surface area contributed by atoms with E-state index in [0.29, 0.717) is 6.54 Å². The Balaban J connectivity index is 2.02. The van der Waals surface area contributed by atoms with Gasteiger partial charge >= 0.3 is 0 Å². The van der Waals surface area contributed by atoms with Crippen LogP contribution in [0.5, 0.6) is 5.75 Å². The highest BCUT2D eigenvalue weighted by molar-refractivity contribution is 5.43. The molecule has 0 aliphatic heterocycles. The molecule has 0 heterocycles. The van der Waals surface area contributed by atoms with Crippen LogP contribution < -0.4 is 10.1 Å². The third kappa shape index (κ3) is 2.97. The normalized spacial score (nSPS) is 10.2. The summed E-state index contributed by atoms with van der Waals surface area (Å²) >= 11 is 0. The van der Waals surface area contributed by atoms with Crippen molar-refractivity contribution in [1.82, 2.24) is 0 Å². The van der Waals surface area contributed by atoms with Crippen LogP contribution >= 0.6 is 0 Å². The number of rotatable bonds is 4. The van der Waals surface area contributed by atoms with Crippen LogP contribution in [0.3, 0.4) is 0 Å². The molecule has 0 radical (unpaired) electrons. The Hall–Kier alpha value is -2.10. The maximum Gasteiger partial charge on any atom is 0.165 e. The van der Waals surface area contributed by atoms with Gasteiger partial charge in [-0.3, -0.25) is 0 Å². The smallest absolute Gasteiger partial charge is 0.165 e. The van der Waals surface area contributed by atoms with E-state index in [1.54, 1.807) is 24.3 Å². The van der Waals surface area contributed by atoms with E-state index in [2.05, 4.69) is 5.32 Å². The zero-order chi connectivity index (χ0) is 13.0. The molecule has 0 aromatic heterocycles. The summed E-state index contributed by atoms with van der Waals surface area (Å²) in [5.74, 6) is -0.451. The van der Waals surface area contributed by atoms with E-state index in [1.807, 2.05) is 0 Å². The number of hydrogen-bond donors (Lipinski definition) is 1. The minimum atomic E-state index is -0.393. The maximum atomic E-state index is 13.4. The molecular weight excluding hydrogens is 236 g/mol. The number of methoxy groups -OCH3 is 1. The van der Waals surface area contributed by atoms with E-state index in [0.717, 1.165) is 11.3 Å². The highest BCUT2D eigenvalue weighted by atomic mass is 19.1. The second-order valence-electron chi connectivity index (χ2n) is 3.83. The standard InChI is InChI=1S/C14H13F2NO/c1-18-14-7-2-10(8-13(14)16)9-17-12-5-3-11(15)4-6-12/h2-8,17H,9H2,1H3. The van der Waals surface area contributed by atoms with E-state index in [9.17, 15) is 8.78 Å². The Morgan fingerprint density at radius 2 is 1.78 bits per heavy atom. The van der Waals surface area contributed by atoms with Gasteiger partial charge in [0.05, 0.1) is 7.11 Å². The third-order valence-corrected chi connectivity index (χ3v) is 2.56. The largest absolute Gasteiger partial charge is 0.494 e. The van der Waals surface area contributed by atoms with Crippen LogP contribution in [0.2, 0.25) is 0 Å². The number of halogens is 2. The molecule has 0 saturated heterocycles. The second-order valence-corrected chi connectivity index (χ2v) is 3.83. The molecular formula is C14H13F2NO. The lowest BCUT2D eigenvalue weighted by molar-refractivity contribution is 0.386. The van der Waals surface area contributed by atoms with Crippen LogP contribution in [0.4, 0.5) is 14.5 Å². The van der Waals surface area contributed by atoms with Crippen LogP contribution in [0, 0.1) is 11.6 Å². The van der Waals surface area contributed by atoms with Crippen molar-refractivity contribution >= 4 is 5.69 Å². The van der Waals surface area contributed by atoms with Gasteiger partial charge in [0.15, 0.2) is 11.6 Å². The van der Waals surface area contributed by atoms with Crippen molar-refractivity contribution < 1.29 is 13.5 Å². The van der Waals surface area contributed by atoms with Crippen LogP contribution in [0.1, 0.15) is 5.56 Å². The number of benzene rings is 2. The molecule has 0 unspecified atom stereocenters. The average Bonchev–Trinajstić information content (AvgIpc) is 2.38. The van der Waals surface area contributed by atoms with Crippen LogP contribution in [0.15, 0.2) is 42.5 Å². The average molecular weight is 249 g/mol. The van der Waals surface area contributed by atoms with E-state index >= 15 is 0 Å². The van der Waals surface area contributed by atoms with Gasteiger partial charge in [0, 0.05) is 12.2 Å². The Kier molecular flexibility index (Phi) is 3.77. The van der Waals surface area contributed by atoms with Crippen molar-refractivity contribution in [1.29, 1.82) is 0 Å². The summed E-state index contributed by atoms with van der Waals surface area (Å²) < 4.78 is 31.0. The summed E-state index contributed by atoms with van der Waals surface area (Å²) in [5.41, 5.74) is 1.57. The van der Waals surface area contributed by atoms with Gasteiger partial charge in [-0.05, 0) is 42.0 Å². The topological polar surface area (TPSA) is 21.3 Å². The first-order chi connectivity index (χ1) is 8.69. The SMILES string of the molecule is COc1ccc(CNc2ccc(F)cc2)cc1F. The van der Waals surface area contributed by atoms with Crippen molar-refractivity contribution in [3.05, 3.63) is 59.7 Å². The summed E-state index contributed by atoms with van der Waals surface area (Å²) in [6, 6.07) is 10.8. The molecule has 2 aromatic carbocycles. The summed E-state index contributed by atoms with van der Waals surface area (Å²) in [6.07, 6.45) is 0. The molecule has 18 heavy (non-hydrogen) atoms. The van der Waals surface area contributed by atoms with E-state index < -0.39 is 5.82 Å². The van der Waals surface area contributed by atoms with Gasteiger partial charge in [-0.15, -0.1) is 0 Å². The van der Waals surface area contributed by atoms with Gasteiger partial charge in [0.2, 0.25) is 0 Å². The second kappa shape index (κ2) is 5.49. The summed E-state index contributed by atoms with van der Waals surface area (Å²) in [5, 5.41) is 3.08. The fourth-order valence-corrected chi connectivity index (χ4v) is 1.59. The molecule has 1 N–H and O–H groups in total. The summed E-state index contributed by atoms with van der Waals surface area (Å²) in [4.78, 5) is 0. The molecule has 0 saturated carbocycles. The first-order valence-electron chi connectivity index (χ1n) is 5.51. The minimum absolute atomic E-state index is 0.223. The fourth-order valence-electron chi connectivity index (χ4n) is 1.59. The predicted molar refractivity (Wildman–Crippen MR) is 66.7 cm³/mol. The lowest BCUT2D eigenvalue weighted by atomic mass is 10.2. The Labute approximate surface area is 104 Å². The number of hydrogen-bond acceptors (Lipinski definition) is 2. The number of ether oxygens (including phenoxy) is 1. The molecule has 2 aromatic rings. The Morgan fingerprint density at radius 3 is 2.39 bits per heavy atom. The summed E-state index contributed by atoms with van der Waals surface area (Å²) in [6.45, 7) is 0.465. The van der Waals surface area contributed by atoms with Gasteiger partial charge < -0.3 is 10.1 Å². The van der Waals surface area contributed by atoms with Crippen LogP contribution in [0.25, 0.3) is 0 Å². The minimum Gasteiger partial charge on any atom is -0.494 e. The molecule has 4 heteroatoms. The Morgan fingerprint density at radius 1 is 1.06 bits per heavy atom. The third-order valence-electron chi connectivity index (χ3n) is 2.56. The maximum absolute atomic E-state index is 13.4.